The zero-order chi connectivity index (χ0) is 21.2. The molecular formula is C21H24N2O6. The van der Waals surface area contributed by atoms with E-state index in [9.17, 15) is 14.4 Å². The predicted molar refractivity (Wildman–Crippen MR) is 104 cm³/mol. The van der Waals surface area contributed by atoms with E-state index in [4.69, 9.17) is 19.9 Å². The Morgan fingerprint density at radius 3 is 2.31 bits per heavy atom. The minimum atomic E-state index is -1.80. The molecule has 0 fully saturated rings. The van der Waals surface area contributed by atoms with Gasteiger partial charge in [-0.2, -0.15) is 0 Å². The Labute approximate surface area is 168 Å². The maximum Gasteiger partial charge on any atom is 0.341 e. The predicted octanol–water partition coefficient (Wildman–Crippen LogP) is 2.26. The second kappa shape index (κ2) is 7.98. The van der Waals surface area contributed by atoms with Gasteiger partial charge in [0, 0.05) is 17.7 Å². The number of hydrogen-bond acceptors (Lipinski definition) is 7. The van der Waals surface area contributed by atoms with Crippen molar-refractivity contribution in [3.8, 4) is 0 Å². The molecule has 154 valence electrons. The summed E-state index contributed by atoms with van der Waals surface area (Å²) >= 11 is 0. The molecule has 0 radical (unpaired) electrons. The number of fused-ring (bicyclic) bond motifs is 2. The molecule has 8 nitrogen and oxygen atoms in total. The maximum atomic E-state index is 13.4. The first-order valence-corrected chi connectivity index (χ1v) is 9.60. The van der Waals surface area contributed by atoms with Crippen molar-refractivity contribution < 1.29 is 28.6 Å². The molecule has 1 aromatic rings. The molecule has 0 saturated carbocycles. The molecular weight excluding hydrogens is 376 g/mol. The van der Waals surface area contributed by atoms with E-state index in [1.54, 1.807) is 38.1 Å². The van der Waals surface area contributed by atoms with E-state index in [2.05, 4.69) is 5.32 Å². The summed E-state index contributed by atoms with van der Waals surface area (Å²) in [5, 5.41) is 2.76. The van der Waals surface area contributed by atoms with Crippen LogP contribution in [0.15, 0.2) is 47.1 Å². The van der Waals surface area contributed by atoms with E-state index in [0.717, 1.165) is 0 Å². The van der Waals surface area contributed by atoms with Crippen molar-refractivity contribution in [3.63, 3.8) is 0 Å². The standard InChI is InChI=1S/C21H24N2O6/c1-4-9-14-15(18(24)27-5-2)21(16(17(22)29-14)19(25)28-6-3)12-10-7-8-11-13(12)23-20(21)26/h7-8,10-11H,4-6,9,22H2,1-3H3,(H,23,26)/t21-/m0/s1. The molecule has 29 heavy (non-hydrogen) atoms. The molecule has 0 unspecified atom stereocenters. The molecule has 8 heteroatoms. The van der Waals surface area contributed by atoms with Gasteiger partial charge in [0.15, 0.2) is 0 Å². The summed E-state index contributed by atoms with van der Waals surface area (Å²) in [6.07, 6.45) is 0.960. The van der Waals surface area contributed by atoms with Crippen molar-refractivity contribution in [3.05, 3.63) is 52.6 Å². The highest BCUT2D eigenvalue weighted by Crippen LogP contribution is 2.52. The molecule has 2 heterocycles. The summed E-state index contributed by atoms with van der Waals surface area (Å²) in [6.45, 7) is 5.35. The van der Waals surface area contributed by atoms with Crippen LogP contribution in [0.1, 0.15) is 39.2 Å². The monoisotopic (exact) mass is 400 g/mol. The van der Waals surface area contributed by atoms with E-state index in [1.807, 2.05) is 6.92 Å². The topological polar surface area (TPSA) is 117 Å². The Morgan fingerprint density at radius 2 is 1.69 bits per heavy atom. The van der Waals surface area contributed by atoms with Crippen molar-refractivity contribution in [1.82, 2.24) is 0 Å². The summed E-state index contributed by atoms with van der Waals surface area (Å²) in [7, 11) is 0. The largest absolute Gasteiger partial charge is 0.462 e. The third-order valence-electron chi connectivity index (χ3n) is 4.86. The fraction of sp³-hybridized carbons (Fsp3) is 0.381. The molecule has 1 aromatic carbocycles. The summed E-state index contributed by atoms with van der Waals surface area (Å²) in [6, 6.07) is 6.83. The van der Waals surface area contributed by atoms with Crippen molar-refractivity contribution >= 4 is 23.5 Å². The normalized spacial score (nSPS) is 20.3. The van der Waals surface area contributed by atoms with Crippen LogP contribution < -0.4 is 11.1 Å². The van der Waals surface area contributed by atoms with Crippen molar-refractivity contribution in [2.24, 2.45) is 5.73 Å². The van der Waals surface area contributed by atoms with E-state index in [1.165, 1.54) is 0 Å². The number of amides is 1. The lowest BCUT2D eigenvalue weighted by atomic mass is 9.67. The molecule has 0 bridgehead atoms. The van der Waals surface area contributed by atoms with Crippen LogP contribution in [0.3, 0.4) is 0 Å². The van der Waals surface area contributed by atoms with Gasteiger partial charge in [-0.25, -0.2) is 9.59 Å². The first-order valence-electron chi connectivity index (χ1n) is 9.60. The van der Waals surface area contributed by atoms with Gasteiger partial charge < -0.3 is 25.3 Å². The molecule has 0 saturated heterocycles. The number of carbonyl (C=O) groups excluding carboxylic acids is 3. The van der Waals surface area contributed by atoms with E-state index < -0.39 is 23.3 Å². The van der Waals surface area contributed by atoms with Crippen LogP contribution in [-0.4, -0.2) is 31.1 Å². The fourth-order valence-corrected chi connectivity index (χ4v) is 3.84. The Hall–Kier alpha value is -3.29. The van der Waals surface area contributed by atoms with Crippen LogP contribution in [0.2, 0.25) is 0 Å². The van der Waals surface area contributed by atoms with E-state index >= 15 is 0 Å². The molecule has 3 N–H and O–H groups in total. The molecule has 1 spiro atoms. The van der Waals surface area contributed by atoms with Gasteiger partial charge in [-0.3, -0.25) is 4.79 Å². The molecule has 2 aliphatic heterocycles. The maximum absolute atomic E-state index is 13.4. The van der Waals surface area contributed by atoms with Crippen LogP contribution in [0.4, 0.5) is 5.69 Å². The summed E-state index contributed by atoms with van der Waals surface area (Å²) in [5.74, 6) is -2.19. The molecule has 0 aliphatic carbocycles. The molecule has 0 aromatic heterocycles. The van der Waals surface area contributed by atoms with Gasteiger partial charge in [0.05, 0.1) is 13.2 Å². The second-order valence-corrected chi connectivity index (χ2v) is 6.58. The highest BCUT2D eigenvalue weighted by molar-refractivity contribution is 6.21. The van der Waals surface area contributed by atoms with Crippen LogP contribution in [-0.2, 0) is 34.0 Å². The van der Waals surface area contributed by atoms with Crippen molar-refractivity contribution in [1.29, 1.82) is 0 Å². The number of nitrogens with one attached hydrogen (secondary N) is 1. The number of esters is 2. The first kappa shape index (κ1) is 20.4. The van der Waals surface area contributed by atoms with Gasteiger partial charge in [0.1, 0.15) is 22.3 Å². The summed E-state index contributed by atoms with van der Waals surface area (Å²) < 4.78 is 16.1. The third kappa shape index (κ3) is 3.04. The number of hydrogen-bond donors (Lipinski definition) is 2. The SMILES string of the molecule is CCCC1=C(C(=O)OCC)[C@]2(C(=O)Nc3ccccc32)C(C(=O)OCC)=C(N)O1. The third-order valence-corrected chi connectivity index (χ3v) is 4.86. The average Bonchev–Trinajstić information content (AvgIpc) is 2.95. The van der Waals surface area contributed by atoms with Gasteiger partial charge in [-0.05, 0) is 26.3 Å². The number of ether oxygens (including phenoxy) is 3. The van der Waals surface area contributed by atoms with Gasteiger partial charge >= 0.3 is 11.9 Å². The van der Waals surface area contributed by atoms with Crippen LogP contribution in [0, 0.1) is 0 Å². The van der Waals surface area contributed by atoms with Gasteiger partial charge in [0.25, 0.3) is 0 Å². The first-order chi connectivity index (χ1) is 13.9. The Morgan fingerprint density at radius 1 is 1.07 bits per heavy atom. The number of nitrogens with two attached hydrogens (primary N) is 1. The van der Waals surface area contributed by atoms with Gasteiger partial charge in [-0.15, -0.1) is 0 Å². The van der Waals surface area contributed by atoms with Crippen LogP contribution in [0.5, 0.6) is 0 Å². The van der Waals surface area contributed by atoms with Crippen molar-refractivity contribution in [2.45, 2.75) is 39.0 Å². The number of allylic oxidation sites excluding steroid dienone is 1. The van der Waals surface area contributed by atoms with E-state index in [-0.39, 0.29) is 36.0 Å². The zero-order valence-electron chi connectivity index (χ0n) is 16.7. The summed E-state index contributed by atoms with van der Waals surface area (Å²) in [4.78, 5) is 39.4. The quantitative estimate of drug-likeness (QED) is 0.703. The molecule has 1 atom stereocenters. The average molecular weight is 400 g/mol. The van der Waals surface area contributed by atoms with Gasteiger partial charge in [0.2, 0.25) is 11.8 Å². The lowest BCUT2D eigenvalue weighted by Crippen LogP contribution is -2.48. The number of benzene rings is 1. The highest BCUT2D eigenvalue weighted by Gasteiger charge is 2.62. The number of rotatable bonds is 6. The van der Waals surface area contributed by atoms with Crippen LogP contribution >= 0.6 is 0 Å². The second-order valence-electron chi connectivity index (χ2n) is 6.58. The van der Waals surface area contributed by atoms with Crippen molar-refractivity contribution in [2.75, 3.05) is 18.5 Å². The Bertz CT molecular complexity index is 933. The minimum Gasteiger partial charge on any atom is -0.462 e. The Balaban J connectivity index is 2.39. The fourth-order valence-electron chi connectivity index (χ4n) is 3.84. The summed E-state index contributed by atoms with van der Waals surface area (Å²) in [5.41, 5.74) is 4.97. The minimum absolute atomic E-state index is 0.0408. The van der Waals surface area contributed by atoms with E-state index in [0.29, 0.717) is 24.1 Å². The smallest absolute Gasteiger partial charge is 0.341 e. The molecule has 1 amide bonds. The Kier molecular flexibility index (Phi) is 5.63. The number of carbonyl (C=O) groups is 3. The zero-order valence-corrected chi connectivity index (χ0v) is 16.7. The number of anilines is 1. The highest BCUT2D eigenvalue weighted by atomic mass is 16.5. The lowest BCUT2D eigenvalue weighted by Gasteiger charge is -2.36. The van der Waals surface area contributed by atoms with Gasteiger partial charge in [-0.1, -0.05) is 25.1 Å². The van der Waals surface area contributed by atoms with Crippen LogP contribution in [0.25, 0.3) is 0 Å². The number of para-hydroxylation sites is 1. The molecule has 3 rings (SSSR count). The molecule has 2 aliphatic rings. The lowest BCUT2D eigenvalue weighted by molar-refractivity contribution is -0.143.